The van der Waals surface area contributed by atoms with E-state index in [4.69, 9.17) is 4.74 Å². The maximum atomic E-state index is 9.73. The van der Waals surface area contributed by atoms with Crippen LogP contribution in [0.5, 0.6) is 0 Å². The van der Waals surface area contributed by atoms with Crippen LogP contribution in [0, 0.1) is 132 Å². The number of hydrogen-bond donors (Lipinski definition) is 3. The van der Waals surface area contributed by atoms with Crippen LogP contribution in [-0.4, -0.2) is 53.3 Å². The van der Waals surface area contributed by atoms with Gasteiger partial charge >= 0.3 is 0 Å². The van der Waals surface area contributed by atoms with E-state index in [0.717, 1.165) is 0 Å². The fourth-order valence-corrected chi connectivity index (χ4v) is 1.84. The van der Waals surface area contributed by atoms with Crippen LogP contribution in [0.25, 0.3) is 11.2 Å². The monoisotopic (exact) mass is 919 g/mol. The van der Waals surface area contributed by atoms with Crippen LogP contribution in [-0.2, 0) is 4.74 Å². The third-order valence-electron chi connectivity index (χ3n) is 2.73. The Morgan fingerprint density at radius 1 is 1.05 bits per heavy atom. The molecule has 1 aliphatic heterocycles. The predicted octanol–water partition coefficient (Wildman–Crippen LogP) is -1.60. The molecule has 20 heavy (non-hydrogen) atoms. The second-order valence-corrected chi connectivity index (χ2v) is 3.78. The molecule has 99 valence electrons. The first-order valence-corrected chi connectivity index (χ1v) is 5.00. The Labute approximate surface area is 221 Å². The summed E-state index contributed by atoms with van der Waals surface area (Å²) >= 11 is 0. The number of aliphatic hydroxyl groups excluding tert-OH is 3. The van der Waals surface area contributed by atoms with Gasteiger partial charge in [0, 0.05) is 132 Å². The molecule has 11 heteroatoms. The van der Waals surface area contributed by atoms with Crippen LogP contribution in [0.15, 0.2) is 18.9 Å². The number of aromatic nitrogens is 4. The molecule has 1 fully saturated rings. The number of hydrogen-bond acceptors (Lipinski definition) is 7. The molecule has 3 heterocycles. The number of rotatable bonds is 1. The number of imidazole rings is 1. The average molecular weight is 919 g/mol. The zero-order chi connectivity index (χ0) is 12.0. The average Bonchev–Trinajstić information content (AvgIpc) is 2.86. The predicted molar refractivity (Wildman–Crippen MR) is 53.5 cm³/mol. The van der Waals surface area contributed by atoms with E-state index in [0.29, 0.717) is 11.2 Å². The summed E-state index contributed by atoms with van der Waals surface area (Å²) in [6.07, 6.45) is -0.648. The quantitative estimate of drug-likeness (QED) is 0.316. The minimum atomic E-state index is -1.42. The van der Waals surface area contributed by atoms with Crippen LogP contribution < -0.4 is 0 Å². The molecule has 0 aliphatic carbocycles. The van der Waals surface area contributed by atoms with E-state index < -0.39 is 24.7 Å². The summed E-state index contributed by atoms with van der Waals surface area (Å²) in [6.45, 7) is 0. The fourth-order valence-electron chi connectivity index (χ4n) is 1.84. The van der Waals surface area contributed by atoms with Gasteiger partial charge in [0.2, 0.25) is 0 Å². The van der Waals surface area contributed by atoms with Gasteiger partial charge in [-0.15, -0.1) is 0 Å². The molecule has 2 aromatic heterocycles. The Balaban J connectivity index is 0.00000120. The molecule has 8 nitrogen and oxygen atoms in total. The summed E-state index contributed by atoms with van der Waals surface area (Å²) in [6, 6.07) is 0. The van der Waals surface area contributed by atoms with Crippen LogP contribution in [0.1, 0.15) is 6.23 Å². The van der Waals surface area contributed by atoms with Gasteiger partial charge in [0.15, 0.2) is 18.2 Å². The van der Waals surface area contributed by atoms with Crippen molar-refractivity contribution in [3.8, 4) is 0 Å². The molecule has 0 aromatic carbocycles. The Hall–Kier alpha value is 2.71. The molecule has 1 aliphatic rings. The molecule has 2 aromatic rings. The topological polar surface area (TPSA) is 114 Å². The van der Waals surface area contributed by atoms with Crippen molar-refractivity contribution >= 4 is 11.2 Å². The molecule has 0 spiro atoms. The zero-order valence-corrected chi connectivity index (χ0v) is 24.5. The van der Waals surface area contributed by atoms with Gasteiger partial charge in [0.05, 0.1) is 12.5 Å². The van der Waals surface area contributed by atoms with Gasteiger partial charge in [-0.2, -0.15) is 0 Å². The fraction of sp³-hybridized carbons (Fsp3) is 0.444. The van der Waals surface area contributed by atoms with E-state index in [1.54, 1.807) is 0 Å². The molecule has 0 amide bonds. The van der Waals surface area contributed by atoms with Gasteiger partial charge in [-0.25, -0.2) is 15.0 Å². The molecular formula is C9H10Ac3N4O4. The summed E-state index contributed by atoms with van der Waals surface area (Å²) in [5.41, 5.74) is 1.00. The van der Waals surface area contributed by atoms with Gasteiger partial charge in [0.25, 0.3) is 0 Å². The molecule has 1 unspecified atom stereocenters. The SMILES string of the molecule is O[C@@H]1[C@H](O)C(n2cnc3cncnc32)O[C@@H]1O.[Ac].[Ac].[Ac]. The van der Waals surface area contributed by atoms with E-state index in [-0.39, 0.29) is 132 Å². The summed E-state index contributed by atoms with van der Waals surface area (Å²) in [7, 11) is 0. The Kier molecular flexibility index (Phi) is 11.2. The van der Waals surface area contributed by atoms with Gasteiger partial charge in [-0.1, -0.05) is 0 Å². The minimum absolute atomic E-state index is 0. The molecule has 3 radical (unpaired) electrons. The van der Waals surface area contributed by atoms with Crippen LogP contribution >= 0.6 is 0 Å². The third-order valence-corrected chi connectivity index (χ3v) is 2.73. The normalized spacial score (nSPS) is 28.4. The number of nitrogens with zero attached hydrogens (tertiary/aromatic N) is 4. The van der Waals surface area contributed by atoms with Crippen LogP contribution in [0.3, 0.4) is 0 Å². The number of ether oxygens (including phenoxy) is 1. The van der Waals surface area contributed by atoms with E-state index in [1.165, 1.54) is 23.4 Å². The molecule has 4 atom stereocenters. The van der Waals surface area contributed by atoms with Crippen molar-refractivity contribution in [3.63, 3.8) is 0 Å². The molecular weight excluding hydrogens is 909 g/mol. The van der Waals surface area contributed by atoms with Crippen molar-refractivity contribution in [2.75, 3.05) is 0 Å². The van der Waals surface area contributed by atoms with Crippen molar-refractivity contribution in [3.05, 3.63) is 18.9 Å². The largest absolute Gasteiger partial charge is 0.385 e. The van der Waals surface area contributed by atoms with Crippen LogP contribution in [0.4, 0.5) is 0 Å². The van der Waals surface area contributed by atoms with Gasteiger partial charge in [-0.05, 0) is 0 Å². The Morgan fingerprint density at radius 3 is 2.35 bits per heavy atom. The first kappa shape index (κ1) is 22.7. The van der Waals surface area contributed by atoms with Crippen molar-refractivity contribution < 1.29 is 152 Å². The molecule has 0 saturated carbocycles. The number of aliphatic hydroxyl groups is 3. The summed E-state index contributed by atoms with van der Waals surface area (Å²) in [4.78, 5) is 11.8. The van der Waals surface area contributed by atoms with Crippen molar-refractivity contribution in [2.24, 2.45) is 0 Å². The van der Waals surface area contributed by atoms with E-state index in [2.05, 4.69) is 15.0 Å². The van der Waals surface area contributed by atoms with Crippen molar-refractivity contribution in [1.82, 2.24) is 19.5 Å². The van der Waals surface area contributed by atoms with Crippen molar-refractivity contribution in [1.29, 1.82) is 0 Å². The number of fused-ring (bicyclic) bond motifs is 1. The van der Waals surface area contributed by atoms with E-state index >= 15 is 0 Å². The smallest absolute Gasteiger partial charge is 0.186 e. The standard InChI is InChI=1S/C9H10N4O4.3Ac/c14-5-6(15)9(16)17-8(5)13-3-12-4-1-10-2-11-7(4)13;;;/h1-3,5-6,8-9,14-16H;;;/t5-,6+,8?,9-;;;/m0.../s1. The molecule has 1 saturated heterocycles. The maximum absolute atomic E-state index is 9.73. The molecule has 3 N–H and O–H groups in total. The Bertz CT molecular complexity index is 557. The van der Waals surface area contributed by atoms with Gasteiger partial charge < -0.3 is 20.1 Å². The summed E-state index contributed by atoms with van der Waals surface area (Å²) in [5, 5.41) is 28.5. The Morgan fingerprint density at radius 2 is 1.75 bits per heavy atom. The summed E-state index contributed by atoms with van der Waals surface area (Å²) < 4.78 is 6.50. The van der Waals surface area contributed by atoms with Crippen LogP contribution in [0.2, 0.25) is 0 Å². The van der Waals surface area contributed by atoms with Crippen molar-refractivity contribution in [2.45, 2.75) is 24.7 Å². The third kappa shape index (κ3) is 4.41. The second kappa shape index (κ2) is 9.88. The zero-order valence-electron chi connectivity index (χ0n) is 10.3. The van der Waals surface area contributed by atoms with E-state index in [1.807, 2.05) is 0 Å². The maximum Gasteiger partial charge on any atom is 0.186 e. The molecule has 0 bridgehead atoms. The molecule has 3 rings (SSSR count). The minimum Gasteiger partial charge on any atom is -0.385 e. The van der Waals surface area contributed by atoms with E-state index in [9.17, 15) is 15.3 Å². The second-order valence-electron chi connectivity index (χ2n) is 3.78. The first-order valence-electron chi connectivity index (χ1n) is 5.00. The van der Waals surface area contributed by atoms with Gasteiger partial charge in [-0.3, -0.25) is 4.57 Å². The van der Waals surface area contributed by atoms with Gasteiger partial charge in [0.1, 0.15) is 24.1 Å². The summed E-state index contributed by atoms with van der Waals surface area (Å²) in [5.74, 6) is 0. The first-order chi connectivity index (χ1) is 8.18.